The highest BCUT2D eigenvalue weighted by atomic mass is 16.4. The summed E-state index contributed by atoms with van der Waals surface area (Å²) in [6.45, 7) is 3.87. The van der Waals surface area contributed by atoms with Crippen molar-refractivity contribution in [1.82, 2.24) is 9.47 Å². The number of aromatic carboxylic acids is 1. The molecule has 1 saturated heterocycles. The summed E-state index contributed by atoms with van der Waals surface area (Å²) in [5, 5.41) is 8.97. The number of nitrogens with zero attached hydrogens (tertiary/aromatic N) is 2. The molecule has 2 heterocycles. The Balaban J connectivity index is 1.98. The lowest BCUT2D eigenvalue weighted by atomic mass is 9.99. The number of aromatic nitrogens is 1. The van der Waals surface area contributed by atoms with Gasteiger partial charge in [0, 0.05) is 19.3 Å². The molecule has 1 amide bonds. The summed E-state index contributed by atoms with van der Waals surface area (Å²) in [4.78, 5) is 24.8. The van der Waals surface area contributed by atoms with E-state index in [1.54, 1.807) is 12.3 Å². The molecule has 0 aromatic carbocycles. The van der Waals surface area contributed by atoms with Gasteiger partial charge in [-0.05, 0) is 30.9 Å². The second kappa shape index (κ2) is 5.25. The van der Waals surface area contributed by atoms with Crippen molar-refractivity contribution in [2.45, 2.75) is 26.3 Å². The van der Waals surface area contributed by atoms with Gasteiger partial charge in [-0.15, -0.1) is 0 Å². The van der Waals surface area contributed by atoms with Crippen molar-refractivity contribution in [1.29, 1.82) is 0 Å². The molecule has 1 aromatic rings. The zero-order valence-electron chi connectivity index (χ0n) is 10.5. The predicted octanol–water partition coefficient (Wildman–Crippen LogP) is 1.44. The number of piperidine rings is 1. The Hall–Kier alpha value is -1.78. The lowest BCUT2D eigenvalue weighted by Crippen LogP contribution is -2.40. The summed E-state index contributed by atoms with van der Waals surface area (Å²) in [5.41, 5.74) is 0.161. The highest BCUT2D eigenvalue weighted by molar-refractivity contribution is 5.86. The lowest BCUT2D eigenvalue weighted by Gasteiger charge is -2.30. The van der Waals surface area contributed by atoms with Gasteiger partial charge in [-0.1, -0.05) is 6.92 Å². The number of likely N-dealkylation sites (tertiary alicyclic amines) is 1. The van der Waals surface area contributed by atoms with Crippen LogP contribution in [0.4, 0.5) is 0 Å². The number of amides is 1. The Morgan fingerprint density at radius 3 is 2.67 bits per heavy atom. The average molecular weight is 250 g/mol. The minimum atomic E-state index is -1.000. The SMILES string of the molecule is CC1CCN(C(=O)Cn2cccc2C(=O)O)CC1. The van der Waals surface area contributed by atoms with E-state index in [2.05, 4.69) is 6.92 Å². The summed E-state index contributed by atoms with van der Waals surface area (Å²) in [7, 11) is 0. The topological polar surface area (TPSA) is 62.5 Å². The number of carboxylic acid groups (broad SMARTS) is 1. The molecular formula is C13H18N2O3. The second-order valence-corrected chi connectivity index (χ2v) is 4.89. The van der Waals surface area contributed by atoms with Crippen LogP contribution < -0.4 is 0 Å². The maximum atomic E-state index is 12.1. The first-order valence-corrected chi connectivity index (χ1v) is 6.24. The van der Waals surface area contributed by atoms with E-state index in [4.69, 9.17) is 5.11 Å². The van der Waals surface area contributed by atoms with Gasteiger partial charge in [0.05, 0.1) is 0 Å². The van der Waals surface area contributed by atoms with Crippen LogP contribution in [0.2, 0.25) is 0 Å². The standard InChI is InChI=1S/C13H18N2O3/c1-10-4-7-14(8-5-10)12(16)9-15-6-2-3-11(15)13(17)18/h2-3,6,10H,4-5,7-9H2,1H3,(H,17,18). The van der Waals surface area contributed by atoms with Crippen LogP contribution in [0.5, 0.6) is 0 Å². The molecule has 2 rings (SSSR count). The monoisotopic (exact) mass is 250 g/mol. The fraction of sp³-hybridized carbons (Fsp3) is 0.538. The third kappa shape index (κ3) is 2.72. The predicted molar refractivity (Wildman–Crippen MR) is 66.4 cm³/mol. The van der Waals surface area contributed by atoms with Gasteiger partial charge in [-0.2, -0.15) is 0 Å². The Kier molecular flexibility index (Phi) is 3.69. The molecular weight excluding hydrogens is 232 g/mol. The van der Waals surface area contributed by atoms with Crippen LogP contribution in [0.3, 0.4) is 0 Å². The molecule has 0 aliphatic carbocycles. The molecule has 18 heavy (non-hydrogen) atoms. The van der Waals surface area contributed by atoms with Gasteiger partial charge >= 0.3 is 5.97 Å². The number of hydrogen-bond donors (Lipinski definition) is 1. The lowest BCUT2D eigenvalue weighted by molar-refractivity contribution is -0.133. The number of carbonyl (C=O) groups is 2. The average Bonchev–Trinajstić information content (AvgIpc) is 2.78. The van der Waals surface area contributed by atoms with E-state index in [0.29, 0.717) is 5.92 Å². The van der Waals surface area contributed by atoms with Crippen molar-refractivity contribution in [2.24, 2.45) is 5.92 Å². The second-order valence-electron chi connectivity index (χ2n) is 4.89. The Morgan fingerprint density at radius 2 is 2.06 bits per heavy atom. The van der Waals surface area contributed by atoms with Crippen LogP contribution >= 0.6 is 0 Å². The molecule has 0 radical (unpaired) electrons. The highest BCUT2D eigenvalue weighted by Crippen LogP contribution is 2.16. The van der Waals surface area contributed by atoms with Gasteiger partial charge < -0.3 is 14.6 Å². The quantitative estimate of drug-likeness (QED) is 0.883. The zero-order chi connectivity index (χ0) is 13.1. The molecule has 1 aromatic heterocycles. The molecule has 0 atom stereocenters. The molecule has 0 saturated carbocycles. The summed E-state index contributed by atoms with van der Waals surface area (Å²) in [6.07, 6.45) is 3.69. The number of rotatable bonds is 3. The number of carboxylic acids is 1. The van der Waals surface area contributed by atoms with Gasteiger partial charge in [0.1, 0.15) is 12.2 Å². The van der Waals surface area contributed by atoms with Crippen LogP contribution in [0.25, 0.3) is 0 Å². The first kappa shape index (κ1) is 12.7. The van der Waals surface area contributed by atoms with Crippen molar-refractivity contribution < 1.29 is 14.7 Å². The summed E-state index contributed by atoms with van der Waals surface area (Å²) >= 11 is 0. The number of hydrogen-bond acceptors (Lipinski definition) is 2. The minimum Gasteiger partial charge on any atom is -0.477 e. The van der Waals surface area contributed by atoms with Gasteiger partial charge in [-0.25, -0.2) is 4.79 Å². The van der Waals surface area contributed by atoms with E-state index in [-0.39, 0.29) is 18.1 Å². The van der Waals surface area contributed by atoms with E-state index in [9.17, 15) is 9.59 Å². The summed E-state index contributed by atoms with van der Waals surface area (Å²) in [5.74, 6) is -0.323. The zero-order valence-corrected chi connectivity index (χ0v) is 10.5. The Bertz CT molecular complexity index is 445. The molecule has 0 bridgehead atoms. The molecule has 98 valence electrons. The molecule has 1 aliphatic rings. The van der Waals surface area contributed by atoms with Crippen LogP contribution in [0.1, 0.15) is 30.3 Å². The molecule has 5 heteroatoms. The molecule has 1 N–H and O–H groups in total. The van der Waals surface area contributed by atoms with Gasteiger partial charge in [0.25, 0.3) is 0 Å². The van der Waals surface area contributed by atoms with Crippen molar-refractivity contribution in [3.8, 4) is 0 Å². The fourth-order valence-electron chi connectivity index (χ4n) is 2.25. The molecule has 0 spiro atoms. The number of carbonyl (C=O) groups excluding carboxylic acids is 1. The molecule has 1 fully saturated rings. The first-order chi connectivity index (χ1) is 8.58. The fourth-order valence-corrected chi connectivity index (χ4v) is 2.25. The highest BCUT2D eigenvalue weighted by Gasteiger charge is 2.21. The minimum absolute atomic E-state index is 0.000556. The van der Waals surface area contributed by atoms with Crippen molar-refractivity contribution in [2.75, 3.05) is 13.1 Å². The Morgan fingerprint density at radius 1 is 1.39 bits per heavy atom. The smallest absolute Gasteiger partial charge is 0.352 e. The maximum Gasteiger partial charge on any atom is 0.352 e. The Labute approximate surface area is 106 Å². The third-order valence-electron chi connectivity index (χ3n) is 3.49. The first-order valence-electron chi connectivity index (χ1n) is 6.24. The van der Waals surface area contributed by atoms with Crippen LogP contribution in [0, 0.1) is 5.92 Å². The largest absolute Gasteiger partial charge is 0.477 e. The van der Waals surface area contributed by atoms with Gasteiger partial charge in [-0.3, -0.25) is 4.79 Å². The van der Waals surface area contributed by atoms with Gasteiger partial charge in [0.15, 0.2) is 0 Å². The van der Waals surface area contributed by atoms with Crippen LogP contribution in [0.15, 0.2) is 18.3 Å². The van der Waals surface area contributed by atoms with Crippen LogP contribution in [-0.2, 0) is 11.3 Å². The van der Waals surface area contributed by atoms with Crippen molar-refractivity contribution in [3.63, 3.8) is 0 Å². The summed E-state index contributed by atoms with van der Waals surface area (Å²) in [6, 6.07) is 3.16. The van der Waals surface area contributed by atoms with E-state index in [1.165, 1.54) is 10.6 Å². The summed E-state index contributed by atoms with van der Waals surface area (Å²) < 4.78 is 1.49. The van der Waals surface area contributed by atoms with E-state index in [1.807, 2.05) is 4.90 Å². The van der Waals surface area contributed by atoms with Crippen molar-refractivity contribution >= 4 is 11.9 Å². The maximum absolute atomic E-state index is 12.1. The molecule has 0 unspecified atom stereocenters. The van der Waals surface area contributed by atoms with E-state index >= 15 is 0 Å². The normalized spacial score (nSPS) is 16.8. The van der Waals surface area contributed by atoms with Crippen LogP contribution in [-0.4, -0.2) is 39.5 Å². The molecule has 5 nitrogen and oxygen atoms in total. The van der Waals surface area contributed by atoms with E-state index in [0.717, 1.165) is 25.9 Å². The van der Waals surface area contributed by atoms with Gasteiger partial charge in [0.2, 0.25) is 5.91 Å². The van der Waals surface area contributed by atoms with Crippen molar-refractivity contribution in [3.05, 3.63) is 24.0 Å². The third-order valence-corrected chi connectivity index (χ3v) is 3.49. The van der Waals surface area contributed by atoms with E-state index < -0.39 is 5.97 Å². The molecule has 1 aliphatic heterocycles.